The summed E-state index contributed by atoms with van der Waals surface area (Å²) in [5, 5.41) is -0.347. The first-order valence-corrected chi connectivity index (χ1v) is 8.47. The van der Waals surface area contributed by atoms with Gasteiger partial charge in [0.1, 0.15) is 23.6 Å². The number of ether oxygens (including phenoxy) is 2. The number of halogens is 3. The van der Waals surface area contributed by atoms with Crippen molar-refractivity contribution in [2.45, 2.75) is 39.3 Å². The van der Waals surface area contributed by atoms with Crippen molar-refractivity contribution in [3.8, 4) is 0 Å². The van der Waals surface area contributed by atoms with Crippen molar-refractivity contribution in [2.24, 2.45) is 5.73 Å². The molecule has 0 aromatic carbocycles. The number of amides is 1. The minimum atomic E-state index is -1.70. The van der Waals surface area contributed by atoms with Crippen LogP contribution in [0, 0.1) is 0 Å². The van der Waals surface area contributed by atoms with E-state index >= 15 is 0 Å². The summed E-state index contributed by atoms with van der Waals surface area (Å²) in [5.74, 6) is -0.951. The maximum Gasteiger partial charge on any atom is 0.330 e. The van der Waals surface area contributed by atoms with Gasteiger partial charge in [-0.05, 0) is 13.8 Å². The van der Waals surface area contributed by atoms with Crippen molar-refractivity contribution in [2.75, 3.05) is 20.3 Å². The number of methoxy groups -OCH3 is 1. The third-order valence-corrected chi connectivity index (χ3v) is 5.69. The number of alkyl halides is 3. The number of fused-ring (bicyclic) bond motifs is 1. The molecule has 0 aromatic heterocycles. The quantitative estimate of drug-likeness (QED) is 0.442. The van der Waals surface area contributed by atoms with Crippen LogP contribution in [-0.4, -0.2) is 62.6 Å². The van der Waals surface area contributed by atoms with Gasteiger partial charge in [0.05, 0.1) is 6.61 Å². The summed E-state index contributed by atoms with van der Waals surface area (Å²) >= 11 is 18.2. The number of carbonyl (C=O) groups excluding carboxylic acids is 2. The van der Waals surface area contributed by atoms with Crippen LogP contribution in [0.5, 0.6) is 0 Å². The molecule has 2 aliphatic heterocycles. The molecule has 10 heteroatoms. The summed E-state index contributed by atoms with van der Waals surface area (Å²) in [6.45, 7) is 3.40. The first kappa shape index (κ1) is 18.4. The highest BCUT2D eigenvalue weighted by atomic mass is 35.6. The van der Waals surface area contributed by atoms with Crippen molar-refractivity contribution in [3.05, 3.63) is 0 Å². The molecule has 2 fully saturated rings. The Bertz CT molecular complexity index is 499. The molecule has 3 atom stereocenters. The number of carbonyl (C=O) groups is 2. The number of β-lactam (4-membered cyclic amide) rings is 1. The molecule has 0 bridgehead atoms. The Labute approximate surface area is 147 Å². The van der Waals surface area contributed by atoms with Gasteiger partial charge in [-0.3, -0.25) is 4.79 Å². The highest BCUT2D eigenvalue weighted by Crippen LogP contribution is 2.54. The average molecular weight is 392 g/mol. The number of hydrogen-bond acceptors (Lipinski definition) is 6. The predicted molar refractivity (Wildman–Crippen MR) is 86.1 cm³/mol. The molecular weight excluding hydrogens is 375 g/mol. The van der Waals surface area contributed by atoms with Crippen molar-refractivity contribution in [1.82, 2.24) is 4.90 Å². The molecule has 2 rings (SSSR count). The highest BCUT2D eigenvalue weighted by Gasteiger charge is 2.70. The molecular formula is C12H17Cl3N2O4S. The predicted octanol–water partition coefficient (Wildman–Crippen LogP) is 1.31. The maximum atomic E-state index is 12.4. The fourth-order valence-corrected chi connectivity index (χ4v) is 4.53. The van der Waals surface area contributed by atoms with E-state index in [1.54, 1.807) is 0 Å². The van der Waals surface area contributed by atoms with Gasteiger partial charge < -0.3 is 20.1 Å². The highest BCUT2D eigenvalue weighted by molar-refractivity contribution is 8.01. The van der Waals surface area contributed by atoms with Crippen LogP contribution in [0.1, 0.15) is 13.8 Å². The minimum absolute atomic E-state index is 0.0893. The number of esters is 1. The van der Waals surface area contributed by atoms with E-state index in [1.165, 1.54) is 23.8 Å². The second-order valence-corrected chi connectivity index (χ2v) is 10.1. The van der Waals surface area contributed by atoms with Crippen LogP contribution in [0.3, 0.4) is 0 Å². The molecule has 2 saturated heterocycles. The molecule has 6 nitrogen and oxygen atoms in total. The number of nitrogens with zero attached hydrogens (tertiary/aromatic N) is 1. The van der Waals surface area contributed by atoms with Crippen LogP contribution in [0.15, 0.2) is 0 Å². The Balaban J connectivity index is 2.16. The molecule has 126 valence electrons. The Morgan fingerprint density at radius 3 is 2.55 bits per heavy atom. The third kappa shape index (κ3) is 3.03. The molecule has 0 aromatic rings. The fourth-order valence-electron chi connectivity index (χ4n) is 2.74. The van der Waals surface area contributed by atoms with Crippen molar-refractivity contribution in [3.63, 3.8) is 0 Å². The molecule has 2 heterocycles. The SMILES string of the molecule is COC[C@]1(N)C(=O)N2[C@@H](C(=O)OCC(Cl)(Cl)Cl)C(C)(C)S[C@@H]21. The molecule has 2 N–H and O–H groups in total. The average Bonchev–Trinajstić information content (AvgIpc) is 2.65. The molecule has 0 spiro atoms. The van der Waals surface area contributed by atoms with Gasteiger partial charge in [0.2, 0.25) is 9.70 Å². The van der Waals surface area contributed by atoms with E-state index < -0.39 is 26.1 Å². The van der Waals surface area contributed by atoms with Gasteiger partial charge in [0.15, 0.2) is 0 Å². The first-order valence-electron chi connectivity index (χ1n) is 6.46. The monoisotopic (exact) mass is 390 g/mol. The number of thioether (sulfide) groups is 1. The molecule has 0 unspecified atom stereocenters. The Hall–Kier alpha value is 0.0800. The van der Waals surface area contributed by atoms with Crippen LogP contribution >= 0.6 is 46.6 Å². The van der Waals surface area contributed by atoms with Gasteiger partial charge in [-0.1, -0.05) is 34.8 Å². The van der Waals surface area contributed by atoms with Crippen LogP contribution < -0.4 is 5.73 Å². The lowest BCUT2D eigenvalue weighted by molar-refractivity contribution is -0.170. The van der Waals surface area contributed by atoms with E-state index in [1.807, 2.05) is 13.8 Å². The smallest absolute Gasteiger partial charge is 0.330 e. The van der Waals surface area contributed by atoms with Gasteiger partial charge in [-0.25, -0.2) is 4.79 Å². The standard InChI is InChI=1S/C12H17Cl3N2O4S/c1-10(2)6(7(18)21-5-12(13,14)15)17-8(19)11(16,4-20-3)9(17)22-10/h6,9H,4-5,16H2,1-3H3/t6-,9+,11-/m0/s1. The van der Waals surface area contributed by atoms with Gasteiger partial charge in [-0.15, -0.1) is 11.8 Å². The summed E-state index contributed by atoms with van der Waals surface area (Å²) in [6, 6.07) is -0.782. The van der Waals surface area contributed by atoms with Gasteiger partial charge in [0.25, 0.3) is 0 Å². The summed E-state index contributed by atoms with van der Waals surface area (Å²) < 4.78 is 7.80. The Morgan fingerprint density at radius 2 is 2.05 bits per heavy atom. The summed E-state index contributed by atoms with van der Waals surface area (Å²) in [7, 11) is 1.47. The molecule has 22 heavy (non-hydrogen) atoms. The summed E-state index contributed by atoms with van der Waals surface area (Å²) in [5.41, 5.74) is 4.99. The largest absolute Gasteiger partial charge is 0.460 e. The van der Waals surface area contributed by atoms with Crippen molar-refractivity contribution in [1.29, 1.82) is 0 Å². The van der Waals surface area contributed by atoms with E-state index in [0.29, 0.717) is 0 Å². The second kappa shape index (κ2) is 5.86. The maximum absolute atomic E-state index is 12.4. The van der Waals surface area contributed by atoms with Crippen LogP contribution in [-0.2, 0) is 19.1 Å². The molecule has 0 saturated carbocycles. The number of rotatable bonds is 4. The van der Waals surface area contributed by atoms with E-state index in [0.717, 1.165) is 0 Å². The normalized spacial score (nSPS) is 33.4. The zero-order valence-corrected chi connectivity index (χ0v) is 15.4. The lowest BCUT2D eigenvalue weighted by Gasteiger charge is -2.50. The van der Waals surface area contributed by atoms with E-state index in [4.69, 9.17) is 50.0 Å². The topological polar surface area (TPSA) is 81.9 Å². The van der Waals surface area contributed by atoms with Gasteiger partial charge in [0, 0.05) is 11.9 Å². The molecule has 1 amide bonds. The number of nitrogens with two attached hydrogens (primary N) is 1. The molecule has 0 aliphatic carbocycles. The fraction of sp³-hybridized carbons (Fsp3) is 0.833. The van der Waals surface area contributed by atoms with Gasteiger partial charge >= 0.3 is 5.97 Å². The Morgan fingerprint density at radius 1 is 1.45 bits per heavy atom. The summed E-state index contributed by atoms with van der Waals surface area (Å²) in [6.07, 6.45) is 0. The third-order valence-electron chi connectivity index (χ3n) is 3.66. The Kier molecular flexibility index (Phi) is 4.91. The van der Waals surface area contributed by atoms with Crippen LogP contribution in [0.25, 0.3) is 0 Å². The molecule has 2 aliphatic rings. The zero-order chi connectivity index (χ0) is 16.9. The van der Waals surface area contributed by atoms with Crippen LogP contribution in [0.2, 0.25) is 0 Å². The summed E-state index contributed by atoms with van der Waals surface area (Å²) in [4.78, 5) is 26.1. The van der Waals surface area contributed by atoms with Crippen molar-refractivity contribution < 1.29 is 19.1 Å². The van der Waals surface area contributed by atoms with E-state index in [2.05, 4.69) is 0 Å². The van der Waals surface area contributed by atoms with Crippen LogP contribution in [0.4, 0.5) is 0 Å². The van der Waals surface area contributed by atoms with E-state index in [-0.39, 0.29) is 24.5 Å². The van der Waals surface area contributed by atoms with Gasteiger partial charge in [-0.2, -0.15) is 0 Å². The zero-order valence-electron chi connectivity index (χ0n) is 12.3. The van der Waals surface area contributed by atoms with E-state index in [9.17, 15) is 9.59 Å². The lowest BCUT2D eigenvalue weighted by Crippen LogP contribution is -2.79. The number of hydrogen-bond donors (Lipinski definition) is 1. The second-order valence-electron chi connectivity index (χ2n) is 5.88. The van der Waals surface area contributed by atoms with Crippen molar-refractivity contribution >= 4 is 58.4 Å². The lowest BCUT2D eigenvalue weighted by atomic mass is 9.86. The first-order chi connectivity index (χ1) is 9.94. The minimum Gasteiger partial charge on any atom is -0.460 e. The molecule has 0 radical (unpaired) electrons.